The van der Waals surface area contributed by atoms with Gasteiger partial charge in [-0.2, -0.15) is 0 Å². The van der Waals surface area contributed by atoms with Crippen LogP contribution in [0.15, 0.2) is 40.5 Å². The standard InChI is InChI=1S/C19H27IOSSi/c1-19(2,3)23(4,5)21-16(12-13-20)10-11-17-14-15-8-6-7-9-18(15)22-17/h6-9,12-14,16H,10-11H2,1-5H3. The van der Waals surface area contributed by atoms with Crippen molar-refractivity contribution in [3.63, 3.8) is 0 Å². The molecule has 0 bridgehead atoms. The van der Waals surface area contributed by atoms with Gasteiger partial charge in [-0.15, -0.1) is 11.3 Å². The maximum Gasteiger partial charge on any atom is 0.192 e. The molecule has 0 radical (unpaired) electrons. The highest BCUT2D eigenvalue weighted by Crippen LogP contribution is 2.38. The van der Waals surface area contributed by atoms with E-state index in [0.717, 1.165) is 12.8 Å². The zero-order chi connectivity index (χ0) is 17.1. The van der Waals surface area contributed by atoms with Crippen molar-refractivity contribution in [2.75, 3.05) is 0 Å². The van der Waals surface area contributed by atoms with Crippen LogP contribution in [0.1, 0.15) is 32.1 Å². The molecule has 1 heterocycles. The van der Waals surface area contributed by atoms with Gasteiger partial charge in [0.2, 0.25) is 0 Å². The molecule has 23 heavy (non-hydrogen) atoms. The molecule has 0 saturated carbocycles. The van der Waals surface area contributed by atoms with Crippen LogP contribution >= 0.6 is 33.9 Å². The Kier molecular flexibility index (Phi) is 6.50. The van der Waals surface area contributed by atoms with Crippen molar-refractivity contribution in [2.45, 2.75) is 57.8 Å². The number of rotatable bonds is 6. The summed E-state index contributed by atoms with van der Waals surface area (Å²) in [7, 11) is -1.73. The van der Waals surface area contributed by atoms with E-state index in [1.807, 2.05) is 11.3 Å². The molecule has 1 atom stereocenters. The summed E-state index contributed by atoms with van der Waals surface area (Å²) in [4.78, 5) is 1.46. The predicted octanol–water partition coefficient (Wildman–Crippen LogP) is 7.17. The fourth-order valence-electron chi connectivity index (χ4n) is 2.28. The van der Waals surface area contributed by atoms with Gasteiger partial charge >= 0.3 is 0 Å². The van der Waals surface area contributed by atoms with Crippen LogP contribution in [0.2, 0.25) is 18.1 Å². The lowest BCUT2D eigenvalue weighted by Crippen LogP contribution is -2.43. The number of fused-ring (bicyclic) bond motifs is 1. The van der Waals surface area contributed by atoms with Crippen molar-refractivity contribution >= 4 is 52.3 Å². The van der Waals surface area contributed by atoms with Crippen LogP contribution < -0.4 is 0 Å². The highest BCUT2D eigenvalue weighted by molar-refractivity contribution is 14.1. The van der Waals surface area contributed by atoms with E-state index in [1.54, 1.807) is 0 Å². The average Bonchev–Trinajstić information content (AvgIpc) is 2.86. The maximum atomic E-state index is 6.59. The third kappa shape index (κ3) is 5.15. The highest BCUT2D eigenvalue weighted by Gasteiger charge is 2.38. The fourth-order valence-corrected chi connectivity index (χ4v) is 5.13. The number of thiophene rings is 1. The third-order valence-corrected chi connectivity index (χ3v) is 10.8. The van der Waals surface area contributed by atoms with E-state index in [0.29, 0.717) is 0 Å². The minimum Gasteiger partial charge on any atom is -0.411 e. The second-order valence-corrected chi connectivity index (χ2v) is 14.2. The van der Waals surface area contributed by atoms with Gasteiger partial charge in [-0.05, 0) is 52.6 Å². The van der Waals surface area contributed by atoms with Crippen LogP contribution in [0.5, 0.6) is 0 Å². The van der Waals surface area contributed by atoms with Gasteiger partial charge in [0.1, 0.15) is 0 Å². The lowest BCUT2D eigenvalue weighted by molar-refractivity contribution is 0.216. The summed E-state index contributed by atoms with van der Waals surface area (Å²) >= 11 is 4.21. The summed E-state index contributed by atoms with van der Waals surface area (Å²) in [6.45, 7) is 11.6. The molecule has 0 aliphatic heterocycles. The first-order valence-electron chi connectivity index (χ1n) is 8.15. The van der Waals surface area contributed by atoms with Crippen LogP contribution in [-0.4, -0.2) is 14.4 Å². The van der Waals surface area contributed by atoms with Crippen molar-refractivity contribution in [3.05, 3.63) is 45.4 Å². The van der Waals surface area contributed by atoms with Gasteiger partial charge < -0.3 is 4.43 Å². The normalized spacial score (nSPS) is 14.7. The van der Waals surface area contributed by atoms with Crippen LogP contribution in [0.3, 0.4) is 0 Å². The second kappa shape index (κ2) is 7.81. The summed E-state index contributed by atoms with van der Waals surface area (Å²) < 4.78 is 10.1. The van der Waals surface area contributed by atoms with Gasteiger partial charge in [-0.3, -0.25) is 0 Å². The molecule has 126 valence electrons. The van der Waals surface area contributed by atoms with Crippen molar-refractivity contribution in [1.82, 2.24) is 0 Å². The minimum atomic E-state index is -1.73. The Balaban J connectivity index is 2.05. The monoisotopic (exact) mass is 458 g/mol. The summed E-state index contributed by atoms with van der Waals surface area (Å²) in [5.41, 5.74) is 0. The van der Waals surface area contributed by atoms with Crippen LogP contribution in [-0.2, 0) is 10.8 Å². The van der Waals surface area contributed by atoms with Gasteiger partial charge in [-0.25, -0.2) is 0 Å². The SMILES string of the molecule is CC(C)(C)[Si](C)(C)OC(C=CI)CCc1cc2ccccc2s1. The van der Waals surface area contributed by atoms with Crippen LogP contribution in [0.4, 0.5) is 0 Å². The van der Waals surface area contributed by atoms with Crippen LogP contribution in [0, 0.1) is 0 Å². The van der Waals surface area contributed by atoms with Gasteiger partial charge in [0.25, 0.3) is 0 Å². The number of halogens is 1. The Morgan fingerprint density at radius 1 is 1.26 bits per heavy atom. The van der Waals surface area contributed by atoms with Gasteiger partial charge in [0.15, 0.2) is 8.32 Å². The smallest absolute Gasteiger partial charge is 0.192 e. The molecule has 0 aliphatic rings. The molecule has 1 aromatic carbocycles. The first kappa shape index (κ1) is 19.2. The topological polar surface area (TPSA) is 9.23 Å². The Morgan fingerprint density at radius 3 is 2.57 bits per heavy atom. The quantitative estimate of drug-likeness (QED) is 0.329. The zero-order valence-electron chi connectivity index (χ0n) is 14.7. The number of hydrogen-bond donors (Lipinski definition) is 0. The average molecular weight is 458 g/mol. The first-order valence-corrected chi connectivity index (χ1v) is 13.1. The van der Waals surface area contributed by atoms with Crippen molar-refractivity contribution in [3.8, 4) is 0 Å². The summed E-state index contributed by atoms with van der Waals surface area (Å²) in [5, 5.41) is 1.61. The molecule has 0 fully saturated rings. The fraction of sp³-hybridized carbons (Fsp3) is 0.474. The minimum absolute atomic E-state index is 0.220. The van der Waals surface area contributed by atoms with Crippen molar-refractivity contribution in [2.24, 2.45) is 0 Å². The van der Waals surface area contributed by atoms with Gasteiger partial charge in [0, 0.05) is 9.58 Å². The molecule has 1 nitrogen and oxygen atoms in total. The molecule has 0 aliphatic carbocycles. The molecule has 1 unspecified atom stereocenters. The highest BCUT2D eigenvalue weighted by atomic mass is 127. The molecule has 4 heteroatoms. The number of hydrogen-bond acceptors (Lipinski definition) is 2. The van der Waals surface area contributed by atoms with Crippen molar-refractivity contribution < 1.29 is 4.43 Å². The maximum absolute atomic E-state index is 6.59. The summed E-state index contributed by atoms with van der Waals surface area (Å²) in [5.74, 6) is 0. The largest absolute Gasteiger partial charge is 0.411 e. The molecule has 0 spiro atoms. The lowest BCUT2D eigenvalue weighted by atomic mass is 10.1. The Labute approximate surface area is 159 Å². The first-order chi connectivity index (χ1) is 10.7. The van der Waals surface area contributed by atoms with E-state index >= 15 is 0 Å². The van der Waals surface area contributed by atoms with E-state index in [1.165, 1.54) is 15.0 Å². The third-order valence-electron chi connectivity index (χ3n) is 4.69. The van der Waals surface area contributed by atoms with Crippen LogP contribution in [0.25, 0.3) is 10.1 Å². The van der Waals surface area contributed by atoms with E-state index in [2.05, 4.69) is 96.9 Å². The van der Waals surface area contributed by atoms with Gasteiger partial charge in [0.05, 0.1) is 6.10 Å². The molecule has 1 aromatic heterocycles. The van der Waals surface area contributed by atoms with E-state index in [4.69, 9.17) is 4.43 Å². The lowest BCUT2D eigenvalue weighted by Gasteiger charge is -2.38. The molecule has 0 saturated heterocycles. The molecular weight excluding hydrogens is 431 g/mol. The molecule has 0 amide bonds. The molecule has 2 aromatic rings. The van der Waals surface area contributed by atoms with E-state index in [9.17, 15) is 0 Å². The van der Waals surface area contributed by atoms with Crippen molar-refractivity contribution in [1.29, 1.82) is 0 Å². The molecular formula is C19H27IOSSi. The molecule has 2 rings (SSSR count). The second-order valence-electron chi connectivity index (χ2n) is 7.52. The molecule has 0 N–H and O–H groups in total. The summed E-state index contributed by atoms with van der Waals surface area (Å²) in [6, 6.07) is 11.0. The van der Waals surface area contributed by atoms with E-state index in [-0.39, 0.29) is 11.1 Å². The number of aryl methyl sites for hydroxylation is 1. The Hall–Kier alpha value is -0.173. The Morgan fingerprint density at radius 2 is 1.96 bits per heavy atom. The summed E-state index contributed by atoms with van der Waals surface area (Å²) in [6.07, 6.45) is 4.57. The Bertz CT molecular complexity index is 636. The zero-order valence-corrected chi connectivity index (χ0v) is 18.7. The number of benzene rings is 1. The van der Waals surface area contributed by atoms with E-state index < -0.39 is 8.32 Å². The van der Waals surface area contributed by atoms with Gasteiger partial charge in [-0.1, -0.05) is 67.6 Å². The predicted molar refractivity (Wildman–Crippen MR) is 115 cm³/mol.